The molecule has 0 bridgehead atoms. The molecule has 1 fully saturated rings. The molecule has 1 amide bonds. The average Bonchev–Trinajstić information content (AvgIpc) is 3.66. The van der Waals surface area contributed by atoms with Gasteiger partial charge in [0.1, 0.15) is 19.3 Å². The molecule has 1 unspecified atom stereocenters. The van der Waals surface area contributed by atoms with E-state index in [0.717, 1.165) is 23.7 Å². The first kappa shape index (κ1) is 21.7. The molecule has 8 nitrogen and oxygen atoms in total. The number of fused-ring (bicyclic) bond motifs is 3. The van der Waals surface area contributed by atoms with Gasteiger partial charge in [-0.2, -0.15) is 0 Å². The Morgan fingerprint density at radius 2 is 1.76 bits per heavy atom. The maximum absolute atomic E-state index is 14.0. The molecule has 5 aromatic rings. The van der Waals surface area contributed by atoms with E-state index >= 15 is 0 Å². The van der Waals surface area contributed by atoms with E-state index < -0.39 is 6.04 Å². The summed E-state index contributed by atoms with van der Waals surface area (Å²) in [5.74, 6) is 1.08. The monoisotopic (exact) mass is 492 g/mol. The summed E-state index contributed by atoms with van der Waals surface area (Å²) in [5.41, 5.74) is 3.46. The maximum Gasteiger partial charge on any atom is 0.279 e. The van der Waals surface area contributed by atoms with Gasteiger partial charge in [-0.1, -0.05) is 30.3 Å². The number of H-pyrrole nitrogens is 1. The van der Waals surface area contributed by atoms with Crippen LogP contribution >= 0.6 is 0 Å². The van der Waals surface area contributed by atoms with Crippen LogP contribution in [0.3, 0.4) is 0 Å². The van der Waals surface area contributed by atoms with Gasteiger partial charge in [-0.3, -0.25) is 14.2 Å². The number of hydrogen-bond acceptors (Lipinski definition) is 5. The fourth-order valence-corrected chi connectivity index (χ4v) is 5.10. The molecular weight excluding hydrogens is 468 g/mol. The van der Waals surface area contributed by atoms with Crippen LogP contribution in [0.4, 0.5) is 5.69 Å². The Hall–Kier alpha value is -4.59. The van der Waals surface area contributed by atoms with Gasteiger partial charge in [0.2, 0.25) is 5.91 Å². The number of carbonyl (C=O) groups is 1. The summed E-state index contributed by atoms with van der Waals surface area (Å²) in [6.45, 7) is 0.962. The summed E-state index contributed by atoms with van der Waals surface area (Å²) in [7, 11) is 0. The molecule has 7 rings (SSSR count). The number of amides is 1. The third-order valence-corrected chi connectivity index (χ3v) is 7.01. The molecule has 2 aliphatic rings. The van der Waals surface area contributed by atoms with Crippen molar-refractivity contribution in [1.82, 2.24) is 14.5 Å². The first-order valence-electron chi connectivity index (χ1n) is 12.5. The number of rotatable bonds is 5. The molecule has 8 heteroatoms. The SMILES string of the molecule is O=C(Nc1ccc2c(c1)OCCO2)C(C1CC1)n1c(=O)c(-c2cc3ccccc3[nH]2)nc2ccccc21. The van der Waals surface area contributed by atoms with Crippen molar-refractivity contribution >= 4 is 33.5 Å². The fraction of sp³-hybridized carbons (Fsp3) is 0.207. The number of ether oxygens (including phenoxy) is 2. The van der Waals surface area contributed by atoms with E-state index in [1.807, 2.05) is 54.6 Å². The summed E-state index contributed by atoms with van der Waals surface area (Å²) in [5, 5.41) is 4.02. The molecule has 2 aromatic heterocycles. The van der Waals surface area contributed by atoms with Crippen molar-refractivity contribution in [2.24, 2.45) is 5.92 Å². The summed E-state index contributed by atoms with van der Waals surface area (Å²) < 4.78 is 12.9. The van der Waals surface area contributed by atoms with E-state index in [9.17, 15) is 9.59 Å². The van der Waals surface area contributed by atoms with Gasteiger partial charge in [-0.05, 0) is 55.2 Å². The summed E-state index contributed by atoms with van der Waals surface area (Å²) in [6.07, 6.45) is 1.76. The number of anilines is 1. The molecule has 1 atom stereocenters. The number of nitrogens with zero attached hydrogens (tertiary/aromatic N) is 2. The first-order chi connectivity index (χ1) is 18.2. The Morgan fingerprint density at radius 1 is 0.973 bits per heavy atom. The van der Waals surface area contributed by atoms with Crippen LogP contribution in [0.5, 0.6) is 11.5 Å². The van der Waals surface area contributed by atoms with Gasteiger partial charge in [-0.25, -0.2) is 4.98 Å². The van der Waals surface area contributed by atoms with Crippen molar-refractivity contribution in [3.63, 3.8) is 0 Å². The predicted molar refractivity (Wildman–Crippen MR) is 141 cm³/mol. The summed E-state index contributed by atoms with van der Waals surface area (Å²) >= 11 is 0. The Bertz CT molecular complexity index is 1700. The third kappa shape index (κ3) is 3.81. The number of hydrogen-bond donors (Lipinski definition) is 2. The lowest BCUT2D eigenvalue weighted by molar-refractivity contribution is -0.119. The lowest BCUT2D eigenvalue weighted by atomic mass is 10.1. The molecular formula is C29H24N4O4. The highest BCUT2D eigenvalue weighted by atomic mass is 16.6. The number of para-hydroxylation sites is 3. The number of aromatic amines is 1. The molecule has 1 saturated carbocycles. The molecule has 1 aliphatic heterocycles. The van der Waals surface area contributed by atoms with Gasteiger partial charge in [0.05, 0.1) is 16.7 Å². The molecule has 0 radical (unpaired) electrons. The smallest absolute Gasteiger partial charge is 0.279 e. The van der Waals surface area contributed by atoms with Gasteiger partial charge in [0.25, 0.3) is 5.56 Å². The van der Waals surface area contributed by atoms with Crippen molar-refractivity contribution in [2.75, 3.05) is 18.5 Å². The Kier molecular flexibility index (Phi) is 4.99. The van der Waals surface area contributed by atoms with Gasteiger partial charge >= 0.3 is 0 Å². The Morgan fingerprint density at radius 3 is 2.59 bits per heavy atom. The van der Waals surface area contributed by atoms with Crippen LogP contribution in [0, 0.1) is 5.92 Å². The lowest BCUT2D eigenvalue weighted by Gasteiger charge is -2.23. The largest absolute Gasteiger partial charge is 0.486 e. The standard InChI is InChI=1S/C29H24N4O4/c34-28(30-19-11-12-24-25(16-19)37-14-13-36-24)27(17-9-10-17)33-23-8-4-3-7-21(23)32-26(29(33)35)22-15-18-5-1-2-6-20(18)31-22/h1-8,11-12,15-17,27,31H,9-10,13-14H2,(H,30,34). The van der Waals surface area contributed by atoms with Crippen LogP contribution < -0.4 is 20.3 Å². The zero-order chi connectivity index (χ0) is 24.9. The van der Waals surface area contributed by atoms with Crippen LogP contribution in [0.15, 0.2) is 77.6 Å². The Balaban J connectivity index is 1.34. The fourth-order valence-electron chi connectivity index (χ4n) is 5.10. The van der Waals surface area contributed by atoms with Crippen molar-refractivity contribution in [2.45, 2.75) is 18.9 Å². The normalized spacial score (nSPS) is 15.6. The van der Waals surface area contributed by atoms with Crippen LogP contribution in [0.2, 0.25) is 0 Å². The van der Waals surface area contributed by atoms with Gasteiger partial charge in [0, 0.05) is 22.7 Å². The second kappa shape index (κ2) is 8.51. The van der Waals surface area contributed by atoms with Gasteiger partial charge < -0.3 is 19.8 Å². The summed E-state index contributed by atoms with van der Waals surface area (Å²) in [6, 6.07) is 21.9. The Labute approximate surface area is 211 Å². The molecule has 184 valence electrons. The van der Waals surface area contributed by atoms with Gasteiger partial charge in [-0.15, -0.1) is 0 Å². The quantitative estimate of drug-likeness (QED) is 0.363. The minimum Gasteiger partial charge on any atom is -0.486 e. The number of aromatic nitrogens is 3. The molecule has 3 aromatic carbocycles. The topological polar surface area (TPSA) is 98.2 Å². The van der Waals surface area contributed by atoms with Crippen molar-refractivity contribution in [3.05, 3.63) is 83.2 Å². The maximum atomic E-state index is 14.0. The van der Waals surface area contributed by atoms with Crippen LogP contribution in [-0.4, -0.2) is 33.7 Å². The van der Waals surface area contributed by atoms with E-state index in [1.54, 1.807) is 22.8 Å². The van der Waals surface area contributed by atoms with E-state index in [-0.39, 0.29) is 17.4 Å². The van der Waals surface area contributed by atoms with Crippen LogP contribution in [0.25, 0.3) is 33.3 Å². The van der Waals surface area contributed by atoms with Crippen molar-refractivity contribution < 1.29 is 14.3 Å². The summed E-state index contributed by atoms with van der Waals surface area (Å²) in [4.78, 5) is 35.9. The van der Waals surface area contributed by atoms with E-state index in [0.29, 0.717) is 52.8 Å². The number of nitrogens with one attached hydrogen (secondary N) is 2. The first-order valence-corrected chi connectivity index (χ1v) is 12.5. The molecule has 1 aliphatic carbocycles. The number of benzene rings is 3. The van der Waals surface area contributed by atoms with Crippen molar-refractivity contribution in [1.29, 1.82) is 0 Å². The van der Waals surface area contributed by atoms with E-state index in [2.05, 4.69) is 10.3 Å². The minimum absolute atomic E-state index is 0.0660. The highest BCUT2D eigenvalue weighted by molar-refractivity contribution is 5.96. The second-order valence-electron chi connectivity index (χ2n) is 9.52. The number of carbonyl (C=O) groups excluding carboxylic acids is 1. The second-order valence-corrected chi connectivity index (χ2v) is 9.52. The van der Waals surface area contributed by atoms with Crippen LogP contribution in [0.1, 0.15) is 18.9 Å². The van der Waals surface area contributed by atoms with Gasteiger partial charge in [0.15, 0.2) is 17.2 Å². The molecule has 0 saturated heterocycles. The molecule has 3 heterocycles. The molecule has 0 spiro atoms. The zero-order valence-corrected chi connectivity index (χ0v) is 19.9. The third-order valence-electron chi connectivity index (χ3n) is 7.01. The predicted octanol–water partition coefficient (Wildman–Crippen LogP) is 4.91. The van der Waals surface area contributed by atoms with Crippen LogP contribution in [-0.2, 0) is 4.79 Å². The lowest BCUT2D eigenvalue weighted by Crippen LogP contribution is -2.36. The van der Waals surface area contributed by atoms with Crippen molar-refractivity contribution in [3.8, 4) is 22.9 Å². The molecule has 2 N–H and O–H groups in total. The zero-order valence-electron chi connectivity index (χ0n) is 19.9. The highest BCUT2D eigenvalue weighted by Crippen LogP contribution is 2.41. The molecule has 37 heavy (non-hydrogen) atoms. The highest BCUT2D eigenvalue weighted by Gasteiger charge is 2.39. The van der Waals surface area contributed by atoms with E-state index in [1.165, 1.54) is 0 Å². The average molecular weight is 493 g/mol. The van der Waals surface area contributed by atoms with E-state index in [4.69, 9.17) is 14.5 Å². The minimum atomic E-state index is -0.670.